The van der Waals surface area contributed by atoms with Gasteiger partial charge < -0.3 is 14.8 Å². The summed E-state index contributed by atoms with van der Waals surface area (Å²) in [4.78, 5) is 0. The topological polar surface area (TPSA) is 30.5 Å². The van der Waals surface area contributed by atoms with Crippen LogP contribution in [0.1, 0.15) is 24.0 Å². The number of ether oxygens (including phenoxy) is 2. The molecule has 1 fully saturated rings. The predicted molar refractivity (Wildman–Crippen MR) is 75.7 cm³/mol. The lowest BCUT2D eigenvalue weighted by atomic mass is 10.0. The zero-order valence-electron chi connectivity index (χ0n) is 11.7. The van der Waals surface area contributed by atoms with Crippen LogP contribution in [0.4, 0.5) is 0 Å². The fourth-order valence-electron chi connectivity index (χ4n) is 2.96. The standard InChI is InChI=1S/C16H23NO2/c1-12-2-3-16-14(8-12)9-15(19-16)11-17-10-13-4-6-18-7-5-13/h2-3,8,13,15,17H,4-7,9-11H2,1H3. The minimum absolute atomic E-state index is 0.302. The summed E-state index contributed by atoms with van der Waals surface area (Å²) in [6, 6.07) is 6.47. The van der Waals surface area contributed by atoms with E-state index in [-0.39, 0.29) is 0 Å². The Hall–Kier alpha value is -1.06. The number of nitrogens with one attached hydrogen (secondary N) is 1. The number of hydrogen-bond acceptors (Lipinski definition) is 3. The lowest BCUT2D eigenvalue weighted by molar-refractivity contribution is 0.0655. The third-order valence-electron chi connectivity index (χ3n) is 4.10. The van der Waals surface area contributed by atoms with Crippen molar-refractivity contribution in [1.29, 1.82) is 0 Å². The summed E-state index contributed by atoms with van der Waals surface area (Å²) in [5, 5.41) is 3.57. The van der Waals surface area contributed by atoms with Crippen LogP contribution in [0.25, 0.3) is 0 Å². The van der Waals surface area contributed by atoms with Crippen LogP contribution in [0.2, 0.25) is 0 Å². The molecule has 0 bridgehead atoms. The molecule has 3 rings (SSSR count). The van der Waals surface area contributed by atoms with Crippen molar-refractivity contribution in [2.75, 3.05) is 26.3 Å². The van der Waals surface area contributed by atoms with Crippen LogP contribution in [0.15, 0.2) is 18.2 Å². The van der Waals surface area contributed by atoms with Crippen LogP contribution in [-0.4, -0.2) is 32.4 Å². The predicted octanol–water partition coefficient (Wildman–Crippen LogP) is 2.31. The van der Waals surface area contributed by atoms with Gasteiger partial charge in [-0.3, -0.25) is 0 Å². The van der Waals surface area contributed by atoms with Crippen LogP contribution in [0.3, 0.4) is 0 Å². The molecule has 0 radical (unpaired) electrons. The molecule has 0 aromatic heterocycles. The normalized spacial score (nSPS) is 23.1. The van der Waals surface area contributed by atoms with Crippen molar-refractivity contribution in [3.05, 3.63) is 29.3 Å². The van der Waals surface area contributed by atoms with Gasteiger partial charge in [0.05, 0.1) is 0 Å². The second-order valence-corrected chi connectivity index (χ2v) is 5.77. The molecule has 104 valence electrons. The molecule has 0 amide bonds. The average molecular weight is 261 g/mol. The Morgan fingerprint density at radius 2 is 2.05 bits per heavy atom. The molecular weight excluding hydrogens is 238 g/mol. The van der Waals surface area contributed by atoms with E-state index in [9.17, 15) is 0 Å². The average Bonchev–Trinajstić information content (AvgIpc) is 2.82. The van der Waals surface area contributed by atoms with E-state index in [2.05, 4.69) is 30.4 Å². The maximum Gasteiger partial charge on any atom is 0.123 e. The first kappa shape index (κ1) is 12.9. The van der Waals surface area contributed by atoms with Gasteiger partial charge in [-0.25, -0.2) is 0 Å². The largest absolute Gasteiger partial charge is 0.488 e. The van der Waals surface area contributed by atoms with Crippen molar-refractivity contribution in [3.8, 4) is 5.75 Å². The Balaban J connectivity index is 1.43. The summed E-state index contributed by atoms with van der Waals surface area (Å²) in [6.45, 7) is 6.04. The Morgan fingerprint density at radius 1 is 1.21 bits per heavy atom. The quantitative estimate of drug-likeness (QED) is 0.902. The Morgan fingerprint density at radius 3 is 2.89 bits per heavy atom. The maximum absolute atomic E-state index is 5.96. The first-order chi connectivity index (χ1) is 9.31. The molecule has 0 saturated carbocycles. The van der Waals surface area contributed by atoms with E-state index in [0.717, 1.165) is 44.4 Å². The molecule has 2 aliphatic heterocycles. The van der Waals surface area contributed by atoms with Crippen LogP contribution in [0, 0.1) is 12.8 Å². The molecule has 19 heavy (non-hydrogen) atoms. The molecule has 0 spiro atoms. The second kappa shape index (κ2) is 5.93. The van der Waals surface area contributed by atoms with Crippen molar-refractivity contribution >= 4 is 0 Å². The Labute approximate surface area is 115 Å². The van der Waals surface area contributed by atoms with Gasteiger partial charge in [0, 0.05) is 26.2 Å². The van der Waals surface area contributed by atoms with Crippen molar-refractivity contribution in [1.82, 2.24) is 5.32 Å². The van der Waals surface area contributed by atoms with E-state index in [0.29, 0.717) is 6.10 Å². The van der Waals surface area contributed by atoms with E-state index in [1.165, 1.54) is 24.0 Å². The van der Waals surface area contributed by atoms with Gasteiger partial charge in [0.2, 0.25) is 0 Å². The molecule has 2 aliphatic rings. The summed E-state index contributed by atoms with van der Waals surface area (Å²) in [5.74, 6) is 1.85. The van der Waals surface area contributed by atoms with E-state index >= 15 is 0 Å². The van der Waals surface area contributed by atoms with Gasteiger partial charge in [0.1, 0.15) is 11.9 Å². The number of fused-ring (bicyclic) bond motifs is 1. The van der Waals surface area contributed by atoms with Crippen LogP contribution < -0.4 is 10.1 Å². The molecule has 1 aromatic rings. The highest BCUT2D eigenvalue weighted by molar-refractivity contribution is 5.40. The molecule has 1 unspecified atom stereocenters. The van der Waals surface area contributed by atoms with Crippen LogP contribution in [-0.2, 0) is 11.2 Å². The molecule has 1 saturated heterocycles. The molecule has 1 N–H and O–H groups in total. The maximum atomic E-state index is 5.96. The van der Waals surface area contributed by atoms with Crippen molar-refractivity contribution in [2.24, 2.45) is 5.92 Å². The zero-order chi connectivity index (χ0) is 13.1. The van der Waals surface area contributed by atoms with Gasteiger partial charge in [0.15, 0.2) is 0 Å². The zero-order valence-corrected chi connectivity index (χ0v) is 11.7. The molecule has 2 heterocycles. The van der Waals surface area contributed by atoms with Crippen LogP contribution >= 0.6 is 0 Å². The van der Waals surface area contributed by atoms with Crippen LogP contribution in [0.5, 0.6) is 5.75 Å². The first-order valence-corrected chi connectivity index (χ1v) is 7.36. The fourth-order valence-corrected chi connectivity index (χ4v) is 2.96. The minimum Gasteiger partial charge on any atom is -0.488 e. The van der Waals surface area contributed by atoms with E-state index in [1.54, 1.807) is 0 Å². The van der Waals surface area contributed by atoms with Gasteiger partial charge in [-0.05, 0) is 43.9 Å². The number of aryl methyl sites for hydroxylation is 1. The molecule has 1 atom stereocenters. The number of hydrogen-bond donors (Lipinski definition) is 1. The summed E-state index contributed by atoms with van der Waals surface area (Å²) < 4.78 is 11.3. The van der Waals surface area contributed by atoms with Gasteiger partial charge in [-0.2, -0.15) is 0 Å². The lowest BCUT2D eigenvalue weighted by Gasteiger charge is -2.23. The molecule has 1 aromatic carbocycles. The summed E-state index contributed by atoms with van der Waals surface area (Å²) in [7, 11) is 0. The van der Waals surface area contributed by atoms with E-state index < -0.39 is 0 Å². The van der Waals surface area contributed by atoms with Crippen molar-refractivity contribution in [2.45, 2.75) is 32.3 Å². The Bertz CT molecular complexity index is 427. The van der Waals surface area contributed by atoms with Crippen molar-refractivity contribution < 1.29 is 9.47 Å². The highest BCUT2D eigenvalue weighted by atomic mass is 16.5. The summed E-state index contributed by atoms with van der Waals surface area (Å²) in [5.41, 5.74) is 2.68. The highest BCUT2D eigenvalue weighted by Crippen LogP contribution is 2.29. The molecular formula is C16H23NO2. The molecule has 3 heteroatoms. The third kappa shape index (κ3) is 3.28. The van der Waals surface area contributed by atoms with E-state index in [4.69, 9.17) is 9.47 Å². The Kier molecular flexibility index (Phi) is 4.04. The monoisotopic (exact) mass is 261 g/mol. The lowest BCUT2D eigenvalue weighted by Crippen LogP contribution is -2.35. The SMILES string of the molecule is Cc1ccc2c(c1)CC(CNCC1CCOCC1)O2. The van der Waals surface area contributed by atoms with Gasteiger partial charge >= 0.3 is 0 Å². The molecule has 0 aliphatic carbocycles. The van der Waals surface area contributed by atoms with Gasteiger partial charge in [-0.1, -0.05) is 17.7 Å². The third-order valence-corrected chi connectivity index (χ3v) is 4.10. The smallest absolute Gasteiger partial charge is 0.123 e. The first-order valence-electron chi connectivity index (χ1n) is 7.36. The fraction of sp³-hybridized carbons (Fsp3) is 0.625. The minimum atomic E-state index is 0.302. The van der Waals surface area contributed by atoms with E-state index in [1.807, 2.05) is 0 Å². The second-order valence-electron chi connectivity index (χ2n) is 5.77. The number of rotatable bonds is 4. The summed E-state index contributed by atoms with van der Waals surface area (Å²) >= 11 is 0. The highest BCUT2D eigenvalue weighted by Gasteiger charge is 2.22. The van der Waals surface area contributed by atoms with Gasteiger partial charge in [-0.15, -0.1) is 0 Å². The molecule has 3 nitrogen and oxygen atoms in total. The summed E-state index contributed by atoms with van der Waals surface area (Å²) in [6.07, 6.45) is 3.73. The number of benzene rings is 1. The van der Waals surface area contributed by atoms with Gasteiger partial charge in [0.25, 0.3) is 0 Å². The van der Waals surface area contributed by atoms with Crippen molar-refractivity contribution in [3.63, 3.8) is 0 Å².